The molecule has 0 saturated heterocycles. The molecule has 0 fully saturated rings. The highest BCUT2D eigenvalue weighted by atomic mass is 16.7. The van der Waals surface area contributed by atoms with Crippen LogP contribution < -0.4 is 9.47 Å². The topological polar surface area (TPSA) is 48.0 Å². The number of nitrogens with zero attached hydrogens (tertiary/aromatic N) is 1. The first kappa shape index (κ1) is 36.4. The van der Waals surface area contributed by atoms with Gasteiger partial charge in [0.05, 0.1) is 6.61 Å². The van der Waals surface area contributed by atoms with Gasteiger partial charge in [-0.3, -0.25) is 0 Å². The molecule has 1 aromatic carbocycles. The summed E-state index contributed by atoms with van der Waals surface area (Å²) in [4.78, 5) is 14.9. The normalized spacial score (nSPS) is 18.1. The standard InChI is InChI=1S/C37H65NO4/c1-11-38(12-2)25-16-26-40-36(39)41-34-30(7)31(8)35-33(32(34)9)22-24-37(10,42-35)23-15-21-29(6)20-14-19-28(5)18-13-17-27(3)4/h27-29H,11-26H2,1-10H3/t28-,29-,37-/m1/s1. The highest BCUT2D eigenvalue weighted by molar-refractivity contribution is 5.68. The van der Waals surface area contributed by atoms with E-state index in [-0.39, 0.29) is 5.60 Å². The second-order valence-corrected chi connectivity index (χ2v) is 14.0. The van der Waals surface area contributed by atoms with Crippen molar-refractivity contribution in [3.8, 4) is 11.5 Å². The Hall–Kier alpha value is -1.75. The average Bonchev–Trinajstić information content (AvgIpc) is 2.94. The van der Waals surface area contributed by atoms with E-state index < -0.39 is 6.16 Å². The number of hydrogen-bond acceptors (Lipinski definition) is 5. The van der Waals surface area contributed by atoms with Crippen molar-refractivity contribution in [2.75, 3.05) is 26.2 Å². The van der Waals surface area contributed by atoms with Crippen LogP contribution in [0.4, 0.5) is 4.79 Å². The van der Waals surface area contributed by atoms with Crippen LogP contribution in [0.3, 0.4) is 0 Å². The largest absolute Gasteiger partial charge is 0.513 e. The third kappa shape index (κ3) is 11.7. The third-order valence-corrected chi connectivity index (χ3v) is 9.76. The Morgan fingerprint density at radius 1 is 0.857 bits per heavy atom. The molecule has 0 bridgehead atoms. The van der Waals surface area contributed by atoms with Crippen LogP contribution in [0.5, 0.6) is 11.5 Å². The zero-order valence-electron chi connectivity index (χ0n) is 29.1. The van der Waals surface area contributed by atoms with E-state index in [2.05, 4.69) is 60.3 Å². The number of benzene rings is 1. The van der Waals surface area contributed by atoms with Gasteiger partial charge in [-0.25, -0.2) is 4.79 Å². The molecule has 0 spiro atoms. The van der Waals surface area contributed by atoms with Crippen LogP contribution in [0, 0.1) is 38.5 Å². The van der Waals surface area contributed by atoms with Gasteiger partial charge in [-0.15, -0.1) is 0 Å². The Kier molecular flexibility index (Phi) is 15.7. The predicted octanol–water partition coefficient (Wildman–Crippen LogP) is 10.4. The van der Waals surface area contributed by atoms with E-state index in [0.29, 0.717) is 12.4 Å². The molecule has 0 aliphatic carbocycles. The summed E-state index contributed by atoms with van der Waals surface area (Å²) in [7, 11) is 0. The van der Waals surface area contributed by atoms with Crippen LogP contribution in [0.1, 0.15) is 141 Å². The predicted molar refractivity (Wildman–Crippen MR) is 177 cm³/mol. The van der Waals surface area contributed by atoms with Crippen LogP contribution in [-0.2, 0) is 11.2 Å². The Morgan fingerprint density at radius 3 is 2.05 bits per heavy atom. The molecule has 0 radical (unpaired) electrons. The highest BCUT2D eigenvalue weighted by Gasteiger charge is 2.35. The number of hydrogen-bond donors (Lipinski definition) is 0. The van der Waals surface area contributed by atoms with Crippen molar-refractivity contribution in [2.45, 2.75) is 152 Å². The Balaban J connectivity index is 1.84. The van der Waals surface area contributed by atoms with Gasteiger partial charge in [-0.2, -0.15) is 0 Å². The molecule has 2 rings (SSSR count). The fourth-order valence-corrected chi connectivity index (χ4v) is 6.51. The summed E-state index contributed by atoms with van der Waals surface area (Å²) in [5.74, 6) is 4.10. The van der Waals surface area contributed by atoms with Crippen molar-refractivity contribution < 1.29 is 19.0 Å². The maximum Gasteiger partial charge on any atom is 0.513 e. The van der Waals surface area contributed by atoms with Crippen molar-refractivity contribution in [3.63, 3.8) is 0 Å². The fourth-order valence-electron chi connectivity index (χ4n) is 6.51. The van der Waals surface area contributed by atoms with E-state index in [1.807, 2.05) is 13.8 Å². The zero-order chi connectivity index (χ0) is 31.3. The minimum absolute atomic E-state index is 0.145. The van der Waals surface area contributed by atoms with Crippen LogP contribution in [-0.4, -0.2) is 42.9 Å². The minimum Gasteiger partial charge on any atom is -0.487 e. The van der Waals surface area contributed by atoms with Crippen LogP contribution >= 0.6 is 0 Å². The van der Waals surface area contributed by atoms with Crippen molar-refractivity contribution in [2.24, 2.45) is 17.8 Å². The molecule has 0 amide bonds. The van der Waals surface area contributed by atoms with Gasteiger partial charge in [0.2, 0.25) is 0 Å². The van der Waals surface area contributed by atoms with Crippen LogP contribution in [0.25, 0.3) is 0 Å². The first-order chi connectivity index (χ1) is 19.9. The molecule has 0 unspecified atom stereocenters. The molecule has 3 atom stereocenters. The average molecular weight is 588 g/mol. The summed E-state index contributed by atoms with van der Waals surface area (Å²) in [5, 5.41) is 0. The Labute approximate surface area is 259 Å². The molecule has 0 aromatic heterocycles. The molecule has 0 N–H and O–H groups in total. The number of carbonyl (C=O) groups is 1. The molecule has 5 nitrogen and oxygen atoms in total. The molecule has 1 aliphatic heterocycles. The van der Waals surface area contributed by atoms with Gasteiger partial charge in [-0.05, 0) is 107 Å². The molecular formula is C37H65NO4. The molecule has 1 heterocycles. The summed E-state index contributed by atoms with van der Waals surface area (Å²) in [6.45, 7) is 25.6. The lowest BCUT2D eigenvalue weighted by Gasteiger charge is -2.38. The van der Waals surface area contributed by atoms with E-state index in [0.717, 1.165) is 85.5 Å². The highest BCUT2D eigenvalue weighted by Crippen LogP contribution is 2.45. The lowest BCUT2D eigenvalue weighted by atomic mass is 9.83. The van der Waals surface area contributed by atoms with Crippen molar-refractivity contribution in [3.05, 3.63) is 22.3 Å². The molecule has 242 valence electrons. The summed E-state index contributed by atoms with van der Waals surface area (Å²) in [6, 6.07) is 0. The summed E-state index contributed by atoms with van der Waals surface area (Å²) >= 11 is 0. The number of carbonyl (C=O) groups excluding carboxylic acids is 1. The summed E-state index contributed by atoms with van der Waals surface area (Å²) in [6.07, 6.45) is 13.9. The van der Waals surface area contributed by atoms with Gasteiger partial charge >= 0.3 is 6.16 Å². The molecule has 1 aliphatic rings. The fraction of sp³-hybridized carbons (Fsp3) is 0.811. The number of rotatable bonds is 19. The Morgan fingerprint density at radius 2 is 1.45 bits per heavy atom. The van der Waals surface area contributed by atoms with E-state index in [1.54, 1.807) is 0 Å². The van der Waals surface area contributed by atoms with Crippen molar-refractivity contribution >= 4 is 6.16 Å². The third-order valence-electron chi connectivity index (χ3n) is 9.76. The van der Waals surface area contributed by atoms with Gasteiger partial charge in [0.1, 0.15) is 17.1 Å². The second-order valence-electron chi connectivity index (χ2n) is 14.0. The zero-order valence-corrected chi connectivity index (χ0v) is 29.1. The van der Waals surface area contributed by atoms with Crippen molar-refractivity contribution in [1.82, 2.24) is 4.90 Å². The van der Waals surface area contributed by atoms with Gasteiger partial charge in [-0.1, -0.05) is 86.5 Å². The Bertz CT molecular complexity index is 954. The maximum absolute atomic E-state index is 12.5. The second kappa shape index (κ2) is 18.1. The lowest BCUT2D eigenvalue weighted by Crippen LogP contribution is -2.37. The molecule has 0 saturated carbocycles. The first-order valence-electron chi connectivity index (χ1n) is 17.3. The van der Waals surface area contributed by atoms with Gasteiger partial charge < -0.3 is 19.1 Å². The van der Waals surface area contributed by atoms with Gasteiger partial charge in [0.15, 0.2) is 0 Å². The minimum atomic E-state index is -0.614. The summed E-state index contributed by atoms with van der Waals surface area (Å²) in [5.41, 5.74) is 4.07. The lowest BCUT2D eigenvalue weighted by molar-refractivity contribution is 0.0509. The number of fused-ring (bicyclic) bond motifs is 1. The molecule has 42 heavy (non-hydrogen) atoms. The molecule has 1 aromatic rings. The van der Waals surface area contributed by atoms with Gasteiger partial charge in [0.25, 0.3) is 0 Å². The van der Waals surface area contributed by atoms with E-state index in [9.17, 15) is 4.79 Å². The SMILES string of the molecule is CCN(CC)CCCOC(=O)Oc1c(C)c(C)c2c(c1C)CC[C@@](C)(CCC[C@H](C)CCC[C@H](C)CCCC(C)C)O2. The first-order valence-corrected chi connectivity index (χ1v) is 17.3. The van der Waals surface area contributed by atoms with E-state index in [4.69, 9.17) is 14.2 Å². The van der Waals surface area contributed by atoms with Gasteiger partial charge in [0, 0.05) is 12.1 Å². The summed E-state index contributed by atoms with van der Waals surface area (Å²) < 4.78 is 18.0. The monoisotopic (exact) mass is 587 g/mol. The quantitative estimate of drug-likeness (QED) is 0.0915. The molecular weight excluding hydrogens is 522 g/mol. The molecule has 5 heteroatoms. The van der Waals surface area contributed by atoms with E-state index in [1.165, 1.54) is 56.9 Å². The number of ether oxygens (including phenoxy) is 3. The van der Waals surface area contributed by atoms with E-state index >= 15 is 0 Å². The maximum atomic E-state index is 12.5. The van der Waals surface area contributed by atoms with Crippen LogP contribution in [0.2, 0.25) is 0 Å². The van der Waals surface area contributed by atoms with Crippen molar-refractivity contribution in [1.29, 1.82) is 0 Å². The smallest absolute Gasteiger partial charge is 0.487 e. The van der Waals surface area contributed by atoms with Crippen LogP contribution in [0.15, 0.2) is 0 Å².